The van der Waals surface area contributed by atoms with Crippen molar-refractivity contribution in [2.45, 2.75) is 18.9 Å². The third kappa shape index (κ3) is 2.55. The lowest BCUT2D eigenvalue weighted by Crippen LogP contribution is -2.37. The van der Waals surface area contributed by atoms with Crippen LogP contribution in [0.15, 0.2) is 16.9 Å². The molecule has 0 aromatic carbocycles. The third-order valence-electron chi connectivity index (χ3n) is 2.87. The molecular weight excluding hydrogens is 288 g/mol. The Kier molecular flexibility index (Phi) is 3.30. The van der Waals surface area contributed by atoms with Crippen molar-refractivity contribution in [3.63, 3.8) is 0 Å². The van der Waals surface area contributed by atoms with E-state index >= 15 is 0 Å². The van der Waals surface area contributed by atoms with Gasteiger partial charge in [-0.05, 0) is 35.8 Å². The van der Waals surface area contributed by atoms with Crippen molar-refractivity contribution >= 4 is 27.3 Å². The van der Waals surface area contributed by atoms with Crippen LogP contribution in [0.4, 0.5) is 11.4 Å². The van der Waals surface area contributed by atoms with Crippen LogP contribution in [-0.2, 0) is 0 Å². The first kappa shape index (κ1) is 12.3. The molecule has 1 unspecified atom stereocenters. The molecule has 1 fully saturated rings. The summed E-state index contributed by atoms with van der Waals surface area (Å²) >= 11 is 3.30. The van der Waals surface area contributed by atoms with E-state index in [-0.39, 0.29) is 11.2 Å². The number of hydrogen-bond acceptors (Lipinski definition) is 5. The smallest absolute Gasteiger partial charge is 0.311 e. The van der Waals surface area contributed by atoms with Crippen LogP contribution in [0, 0.1) is 10.1 Å². The molecule has 92 valence electrons. The van der Waals surface area contributed by atoms with Gasteiger partial charge in [0.05, 0.1) is 9.40 Å². The standard InChI is InChI=1S/C10H13BrN4O2/c1-10(2-3-12-6-10)14-9-7(11)4-13-5-8(9)15(16)17/h4-5,12H,2-3,6H2,1H3,(H,13,14). The number of nitrogens with one attached hydrogen (secondary N) is 2. The number of aromatic nitrogens is 1. The van der Waals surface area contributed by atoms with Crippen molar-refractivity contribution in [3.8, 4) is 0 Å². The Hall–Kier alpha value is -1.21. The molecule has 7 heteroatoms. The second-order valence-electron chi connectivity index (χ2n) is 4.38. The Labute approximate surface area is 107 Å². The molecule has 0 bridgehead atoms. The highest BCUT2D eigenvalue weighted by Crippen LogP contribution is 2.34. The van der Waals surface area contributed by atoms with Gasteiger partial charge in [-0.25, -0.2) is 0 Å². The second kappa shape index (κ2) is 4.58. The highest BCUT2D eigenvalue weighted by Gasteiger charge is 2.31. The zero-order chi connectivity index (χ0) is 12.5. The van der Waals surface area contributed by atoms with E-state index in [4.69, 9.17) is 0 Å². The van der Waals surface area contributed by atoms with Gasteiger partial charge in [0.15, 0.2) is 0 Å². The van der Waals surface area contributed by atoms with Crippen molar-refractivity contribution < 1.29 is 4.92 Å². The van der Waals surface area contributed by atoms with Crippen LogP contribution in [-0.4, -0.2) is 28.5 Å². The number of nitro groups is 1. The van der Waals surface area contributed by atoms with E-state index < -0.39 is 4.92 Å². The van der Waals surface area contributed by atoms with Gasteiger partial charge in [-0.15, -0.1) is 0 Å². The molecule has 1 aliphatic rings. The van der Waals surface area contributed by atoms with Crippen LogP contribution in [0.1, 0.15) is 13.3 Å². The molecule has 6 nitrogen and oxygen atoms in total. The van der Waals surface area contributed by atoms with Gasteiger partial charge in [-0.1, -0.05) is 0 Å². The predicted molar refractivity (Wildman–Crippen MR) is 68.1 cm³/mol. The monoisotopic (exact) mass is 300 g/mol. The molecule has 17 heavy (non-hydrogen) atoms. The first-order valence-corrected chi connectivity index (χ1v) is 6.08. The number of rotatable bonds is 3. The van der Waals surface area contributed by atoms with Crippen molar-refractivity contribution in [1.29, 1.82) is 0 Å². The normalized spacial score (nSPS) is 23.6. The fourth-order valence-electron chi connectivity index (χ4n) is 1.91. The predicted octanol–water partition coefficient (Wildman–Crippen LogP) is 1.92. The molecule has 0 saturated carbocycles. The Bertz CT molecular complexity index is 446. The minimum Gasteiger partial charge on any atom is -0.372 e. The molecule has 0 aliphatic carbocycles. The van der Waals surface area contributed by atoms with Crippen LogP contribution in [0.2, 0.25) is 0 Å². The first-order chi connectivity index (χ1) is 8.02. The van der Waals surface area contributed by atoms with Crippen molar-refractivity contribution in [1.82, 2.24) is 10.3 Å². The lowest BCUT2D eigenvalue weighted by Gasteiger charge is -2.26. The molecule has 1 aromatic heterocycles. The van der Waals surface area contributed by atoms with Crippen molar-refractivity contribution in [3.05, 3.63) is 27.0 Å². The molecule has 1 aliphatic heterocycles. The largest absolute Gasteiger partial charge is 0.372 e. The summed E-state index contributed by atoms with van der Waals surface area (Å²) in [5.74, 6) is 0. The molecule has 1 saturated heterocycles. The zero-order valence-electron chi connectivity index (χ0n) is 9.36. The molecule has 0 amide bonds. The van der Waals surface area contributed by atoms with E-state index in [1.807, 2.05) is 6.92 Å². The number of nitrogens with zero attached hydrogens (tertiary/aromatic N) is 2. The Morgan fingerprint density at radius 2 is 2.41 bits per heavy atom. The number of hydrogen-bond donors (Lipinski definition) is 2. The Morgan fingerprint density at radius 3 is 3.00 bits per heavy atom. The lowest BCUT2D eigenvalue weighted by molar-refractivity contribution is -0.384. The van der Waals surface area contributed by atoms with Crippen molar-refractivity contribution in [2.75, 3.05) is 18.4 Å². The second-order valence-corrected chi connectivity index (χ2v) is 5.24. The summed E-state index contributed by atoms with van der Waals surface area (Å²) in [6, 6.07) is 0. The van der Waals surface area contributed by atoms with Crippen LogP contribution in [0.25, 0.3) is 0 Å². The van der Waals surface area contributed by atoms with Crippen LogP contribution >= 0.6 is 15.9 Å². The summed E-state index contributed by atoms with van der Waals surface area (Å²) in [4.78, 5) is 14.3. The Balaban J connectivity index is 2.34. The van der Waals surface area contributed by atoms with Gasteiger partial charge in [-0.2, -0.15) is 0 Å². The molecule has 0 spiro atoms. The van der Waals surface area contributed by atoms with Gasteiger partial charge in [-0.3, -0.25) is 15.1 Å². The minimum atomic E-state index is -0.425. The molecule has 2 N–H and O–H groups in total. The highest BCUT2D eigenvalue weighted by molar-refractivity contribution is 9.10. The topological polar surface area (TPSA) is 80.1 Å². The third-order valence-corrected chi connectivity index (χ3v) is 3.47. The highest BCUT2D eigenvalue weighted by atomic mass is 79.9. The summed E-state index contributed by atoms with van der Waals surface area (Å²) in [7, 11) is 0. The molecule has 2 rings (SSSR count). The van der Waals surface area contributed by atoms with E-state index in [1.54, 1.807) is 6.20 Å². The summed E-state index contributed by atoms with van der Waals surface area (Å²) in [6.07, 6.45) is 3.75. The van der Waals surface area contributed by atoms with Gasteiger partial charge in [0.1, 0.15) is 11.9 Å². The van der Waals surface area contributed by atoms with E-state index in [0.29, 0.717) is 10.2 Å². The van der Waals surface area contributed by atoms with Gasteiger partial charge in [0.2, 0.25) is 0 Å². The summed E-state index contributed by atoms with van der Waals surface area (Å²) in [6.45, 7) is 3.75. The maximum Gasteiger partial charge on any atom is 0.311 e. The van der Waals surface area contributed by atoms with Crippen LogP contribution < -0.4 is 10.6 Å². The van der Waals surface area contributed by atoms with Gasteiger partial charge in [0.25, 0.3) is 0 Å². The molecule has 1 aromatic rings. The van der Waals surface area contributed by atoms with E-state index in [0.717, 1.165) is 19.5 Å². The number of pyridine rings is 1. The van der Waals surface area contributed by atoms with Crippen molar-refractivity contribution in [2.24, 2.45) is 0 Å². The number of anilines is 1. The van der Waals surface area contributed by atoms with Gasteiger partial charge in [0, 0.05) is 18.3 Å². The molecular formula is C10H13BrN4O2. The SMILES string of the molecule is CC1(Nc2c(Br)cncc2[N+](=O)[O-])CCNC1. The van der Waals surface area contributed by atoms with E-state index in [2.05, 4.69) is 31.5 Å². The Morgan fingerprint density at radius 1 is 1.65 bits per heavy atom. The van der Waals surface area contributed by atoms with Crippen LogP contribution in [0.3, 0.4) is 0 Å². The maximum absolute atomic E-state index is 10.9. The van der Waals surface area contributed by atoms with Gasteiger partial charge < -0.3 is 10.6 Å². The first-order valence-electron chi connectivity index (χ1n) is 5.29. The molecule has 1 atom stereocenters. The van der Waals surface area contributed by atoms with Gasteiger partial charge >= 0.3 is 5.69 Å². The summed E-state index contributed by atoms with van der Waals surface area (Å²) in [5.41, 5.74) is 0.331. The summed E-state index contributed by atoms with van der Waals surface area (Å²) < 4.78 is 0.611. The molecule has 2 heterocycles. The average Bonchev–Trinajstić information content (AvgIpc) is 2.68. The number of halogens is 1. The van der Waals surface area contributed by atoms with E-state index in [1.165, 1.54) is 6.20 Å². The fraction of sp³-hybridized carbons (Fsp3) is 0.500. The maximum atomic E-state index is 10.9. The molecule has 0 radical (unpaired) electrons. The minimum absolute atomic E-state index is 0.00694. The van der Waals surface area contributed by atoms with Crippen LogP contribution in [0.5, 0.6) is 0 Å². The quantitative estimate of drug-likeness (QED) is 0.658. The lowest BCUT2D eigenvalue weighted by atomic mass is 10.0. The zero-order valence-corrected chi connectivity index (χ0v) is 11.0. The average molecular weight is 301 g/mol. The van der Waals surface area contributed by atoms with E-state index in [9.17, 15) is 10.1 Å². The summed E-state index contributed by atoms with van der Waals surface area (Å²) in [5, 5.41) is 17.4. The fourth-order valence-corrected chi connectivity index (χ4v) is 2.33.